The molecule has 2 aromatic heterocycles. The number of benzene rings is 1. The van der Waals surface area contributed by atoms with E-state index >= 15 is 0 Å². The molecule has 84 valence electrons. The van der Waals surface area contributed by atoms with E-state index in [1.54, 1.807) is 6.07 Å². The van der Waals surface area contributed by atoms with Crippen LogP contribution in [0.3, 0.4) is 0 Å². The van der Waals surface area contributed by atoms with Crippen molar-refractivity contribution in [3.63, 3.8) is 0 Å². The van der Waals surface area contributed by atoms with Crippen molar-refractivity contribution >= 4 is 0 Å². The van der Waals surface area contributed by atoms with Crippen LogP contribution in [0.25, 0.3) is 17.1 Å². The van der Waals surface area contributed by atoms with Gasteiger partial charge in [0.2, 0.25) is 5.89 Å². The lowest BCUT2D eigenvalue weighted by molar-refractivity contribution is 0.514. The molecule has 3 rings (SSSR count). The predicted octanol–water partition coefficient (Wildman–Crippen LogP) is 2.09. The second-order valence-electron chi connectivity index (χ2n) is 3.43. The van der Waals surface area contributed by atoms with E-state index in [-0.39, 0.29) is 5.89 Å². The zero-order chi connectivity index (χ0) is 11.7. The third-order valence-corrected chi connectivity index (χ3v) is 2.32. The van der Waals surface area contributed by atoms with Crippen molar-refractivity contribution in [1.29, 1.82) is 0 Å². The molecule has 0 N–H and O–H groups in total. The van der Waals surface area contributed by atoms with Gasteiger partial charge in [-0.15, -0.1) is 5.10 Å². The highest BCUT2D eigenvalue weighted by atomic mass is 16.4. The fourth-order valence-electron chi connectivity index (χ4n) is 1.52. The second kappa shape index (κ2) is 3.79. The molecule has 0 saturated carbocycles. The third-order valence-electron chi connectivity index (χ3n) is 2.32. The average molecular weight is 228 g/mol. The molecular weight excluding hydrogens is 220 g/mol. The molecule has 0 aliphatic heterocycles. The number of nitrogens with zero attached hydrogens (tertiary/aromatic N) is 2. The fraction of sp³-hybridized carbons (Fsp3) is 0. The molecular formula is C12H8N2O3. The van der Waals surface area contributed by atoms with Crippen LogP contribution in [-0.2, 0) is 0 Å². The van der Waals surface area contributed by atoms with Crippen LogP contribution in [0.15, 0.2) is 62.6 Å². The van der Waals surface area contributed by atoms with Crippen LogP contribution in [0, 0.1) is 0 Å². The van der Waals surface area contributed by atoms with Crippen LogP contribution in [0.2, 0.25) is 0 Å². The van der Waals surface area contributed by atoms with Gasteiger partial charge in [0, 0.05) is 11.6 Å². The van der Waals surface area contributed by atoms with Gasteiger partial charge in [0.15, 0.2) is 0 Å². The highest BCUT2D eigenvalue weighted by molar-refractivity contribution is 5.51. The lowest BCUT2D eigenvalue weighted by atomic mass is 10.2. The molecule has 0 amide bonds. The number of hydrogen-bond acceptors (Lipinski definition) is 4. The highest BCUT2D eigenvalue weighted by Crippen LogP contribution is 2.15. The van der Waals surface area contributed by atoms with Crippen molar-refractivity contribution in [2.45, 2.75) is 0 Å². The molecule has 0 fully saturated rings. The van der Waals surface area contributed by atoms with Gasteiger partial charge in [-0.25, -0.2) is 4.79 Å². The van der Waals surface area contributed by atoms with Crippen molar-refractivity contribution in [3.05, 3.63) is 59.5 Å². The molecule has 0 aliphatic rings. The van der Waals surface area contributed by atoms with Gasteiger partial charge in [0.05, 0.1) is 6.26 Å². The van der Waals surface area contributed by atoms with E-state index in [1.165, 1.54) is 12.5 Å². The Balaban J connectivity index is 2.11. The Morgan fingerprint density at radius 2 is 1.94 bits per heavy atom. The van der Waals surface area contributed by atoms with Crippen molar-refractivity contribution in [2.24, 2.45) is 0 Å². The maximum Gasteiger partial charge on any atom is 0.442 e. The monoisotopic (exact) mass is 228 g/mol. The third kappa shape index (κ3) is 1.67. The van der Waals surface area contributed by atoms with Crippen LogP contribution in [-0.4, -0.2) is 9.78 Å². The van der Waals surface area contributed by atoms with Gasteiger partial charge in [0.25, 0.3) is 0 Å². The van der Waals surface area contributed by atoms with E-state index in [9.17, 15) is 4.79 Å². The van der Waals surface area contributed by atoms with Crippen molar-refractivity contribution in [2.75, 3.05) is 0 Å². The summed E-state index contributed by atoms with van der Waals surface area (Å²) in [6, 6.07) is 10.9. The lowest BCUT2D eigenvalue weighted by Gasteiger charge is -1.91. The molecule has 0 unspecified atom stereocenters. The van der Waals surface area contributed by atoms with Crippen LogP contribution in [0.1, 0.15) is 0 Å². The van der Waals surface area contributed by atoms with Gasteiger partial charge in [-0.3, -0.25) is 0 Å². The first-order valence-corrected chi connectivity index (χ1v) is 5.03. The van der Waals surface area contributed by atoms with Gasteiger partial charge < -0.3 is 8.83 Å². The minimum Gasteiger partial charge on any atom is -0.470 e. The maximum absolute atomic E-state index is 11.6. The normalized spacial score (nSPS) is 10.6. The summed E-state index contributed by atoms with van der Waals surface area (Å²) in [5, 5.41) is 4.10. The Morgan fingerprint density at radius 1 is 1.12 bits per heavy atom. The molecule has 5 heteroatoms. The van der Waals surface area contributed by atoms with Crippen LogP contribution < -0.4 is 5.76 Å². The molecule has 0 bridgehead atoms. The zero-order valence-corrected chi connectivity index (χ0v) is 8.74. The summed E-state index contributed by atoms with van der Waals surface area (Å²) in [5.41, 5.74) is 1.30. The molecule has 0 atom stereocenters. The summed E-state index contributed by atoms with van der Waals surface area (Å²) in [7, 11) is 0. The van der Waals surface area contributed by atoms with Gasteiger partial charge in [-0.2, -0.15) is 4.68 Å². The quantitative estimate of drug-likeness (QED) is 0.673. The SMILES string of the molecule is O=c1oc(-c2ccccc2)nn1-c1ccoc1. The summed E-state index contributed by atoms with van der Waals surface area (Å²) in [6.45, 7) is 0. The topological polar surface area (TPSA) is 61.2 Å². The van der Waals surface area contributed by atoms with Gasteiger partial charge in [0.1, 0.15) is 12.0 Å². The smallest absolute Gasteiger partial charge is 0.442 e. The summed E-state index contributed by atoms with van der Waals surface area (Å²) in [5.74, 6) is -0.248. The Kier molecular flexibility index (Phi) is 2.15. The number of aromatic nitrogens is 2. The van der Waals surface area contributed by atoms with E-state index in [1.807, 2.05) is 30.3 Å². The fourth-order valence-corrected chi connectivity index (χ4v) is 1.52. The Bertz CT molecular complexity index is 665. The number of furan rings is 1. The first-order chi connectivity index (χ1) is 8.34. The van der Waals surface area contributed by atoms with Gasteiger partial charge in [-0.1, -0.05) is 18.2 Å². The van der Waals surface area contributed by atoms with E-state index in [0.29, 0.717) is 5.69 Å². The van der Waals surface area contributed by atoms with Crippen LogP contribution in [0.5, 0.6) is 0 Å². The molecule has 17 heavy (non-hydrogen) atoms. The summed E-state index contributed by atoms with van der Waals surface area (Å²) in [6.07, 6.45) is 2.90. The molecule has 2 heterocycles. The van der Waals surface area contributed by atoms with E-state index in [2.05, 4.69) is 5.10 Å². The number of hydrogen-bond donors (Lipinski definition) is 0. The predicted molar refractivity (Wildman–Crippen MR) is 59.8 cm³/mol. The Labute approximate surface area is 95.9 Å². The first kappa shape index (κ1) is 9.65. The Morgan fingerprint density at radius 3 is 2.65 bits per heavy atom. The summed E-state index contributed by atoms with van der Waals surface area (Å²) >= 11 is 0. The van der Waals surface area contributed by atoms with E-state index in [0.717, 1.165) is 10.2 Å². The summed E-state index contributed by atoms with van der Waals surface area (Å²) < 4.78 is 11.1. The van der Waals surface area contributed by atoms with Crippen molar-refractivity contribution < 1.29 is 8.83 Å². The van der Waals surface area contributed by atoms with E-state index in [4.69, 9.17) is 8.83 Å². The standard InChI is InChI=1S/C12H8N2O3/c15-12-14(10-6-7-16-8-10)13-11(17-12)9-4-2-1-3-5-9/h1-8H. The Hall–Kier alpha value is -2.56. The largest absolute Gasteiger partial charge is 0.470 e. The first-order valence-electron chi connectivity index (χ1n) is 5.03. The molecule has 1 aromatic carbocycles. The minimum absolute atomic E-state index is 0.289. The lowest BCUT2D eigenvalue weighted by Crippen LogP contribution is -2.12. The van der Waals surface area contributed by atoms with Crippen molar-refractivity contribution in [3.8, 4) is 17.1 Å². The molecule has 0 radical (unpaired) electrons. The number of rotatable bonds is 2. The molecule has 0 aliphatic carbocycles. The highest BCUT2D eigenvalue weighted by Gasteiger charge is 2.11. The van der Waals surface area contributed by atoms with Gasteiger partial charge >= 0.3 is 5.76 Å². The van der Waals surface area contributed by atoms with Crippen LogP contribution >= 0.6 is 0 Å². The molecule has 5 nitrogen and oxygen atoms in total. The van der Waals surface area contributed by atoms with Gasteiger partial charge in [-0.05, 0) is 12.1 Å². The molecule has 3 aromatic rings. The summed E-state index contributed by atoms with van der Waals surface area (Å²) in [4.78, 5) is 11.6. The minimum atomic E-state index is -0.537. The molecule has 0 saturated heterocycles. The van der Waals surface area contributed by atoms with E-state index < -0.39 is 5.76 Å². The maximum atomic E-state index is 11.6. The average Bonchev–Trinajstić information content (AvgIpc) is 2.99. The van der Waals surface area contributed by atoms with Crippen molar-refractivity contribution in [1.82, 2.24) is 9.78 Å². The van der Waals surface area contributed by atoms with Crippen LogP contribution in [0.4, 0.5) is 0 Å². The second-order valence-corrected chi connectivity index (χ2v) is 3.43. The molecule has 0 spiro atoms. The zero-order valence-electron chi connectivity index (χ0n) is 8.74.